The molecule has 0 amide bonds. The van der Waals surface area contributed by atoms with Crippen LogP contribution < -0.4 is 4.31 Å². The van der Waals surface area contributed by atoms with Gasteiger partial charge in [0.25, 0.3) is 10.0 Å². The first-order valence-electron chi connectivity index (χ1n) is 7.57. The highest BCUT2D eigenvalue weighted by atomic mass is 32.2. The number of benzene rings is 2. The number of para-hydroxylation sites is 1. The Kier molecular flexibility index (Phi) is 5.29. The molecule has 5 nitrogen and oxygen atoms in total. The fraction of sp³-hybridized carbons (Fsp3) is 0.278. The molecule has 0 aliphatic rings. The third-order valence-electron chi connectivity index (χ3n) is 3.63. The van der Waals surface area contributed by atoms with E-state index in [1.807, 2.05) is 19.9 Å². The molecular formula is C18H21NO4S. The van der Waals surface area contributed by atoms with E-state index in [4.69, 9.17) is 0 Å². The van der Waals surface area contributed by atoms with Gasteiger partial charge >= 0.3 is 5.97 Å². The first kappa shape index (κ1) is 18.0. The van der Waals surface area contributed by atoms with Gasteiger partial charge < -0.3 is 4.74 Å². The Balaban J connectivity index is 2.62. The SMILES string of the molecule is COC(=O)c1ccc(C)c(S(=O)(=O)N(c2ccccc2)C(C)C)c1. The highest BCUT2D eigenvalue weighted by Gasteiger charge is 2.29. The van der Waals surface area contributed by atoms with Gasteiger partial charge in [0.15, 0.2) is 0 Å². The minimum Gasteiger partial charge on any atom is -0.465 e. The smallest absolute Gasteiger partial charge is 0.337 e. The molecule has 128 valence electrons. The van der Waals surface area contributed by atoms with Gasteiger partial charge in [0.1, 0.15) is 0 Å². The maximum absolute atomic E-state index is 13.2. The van der Waals surface area contributed by atoms with Gasteiger partial charge in [-0.2, -0.15) is 0 Å². The maximum Gasteiger partial charge on any atom is 0.337 e. The monoisotopic (exact) mass is 347 g/mol. The molecule has 2 rings (SSSR count). The van der Waals surface area contributed by atoms with E-state index in [0.29, 0.717) is 11.3 Å². The number of ether oxygens (including phenoxy) is 1. The minimum atomic E-state index is -3.82. The van der Waals surface area contributed by atoms with Crippen molar-refractivity contribution in [2.75, 3.05) is 11.4 Å². The molecule has 0 saturated carbocycles. The van der Waals surface area contributed by atoms with E-state index in [1.165, 1.54) is 17.5 Å². The molecule has 0 aliphatic heterocycles. The standard InChI is InChI=1S/C18H21NO4S/c1-13(2)19(16-8-6-5-7-9-16)24(21,22)17-12-15(18(20)23-4)11-10-14(17)3/h5-13H,1-4H3. The van der Waals surface area contributed by atoms with Crippen LogP contribution in [-0.4, -0.2) is 27.5 Å². The second-order valence-electron chi connectivity index (χ2n) is 5.70. The molecule has 0 spiro atoms. The summed E-state index contributed by atoms with van der Waals surface area (Å²) in [6, 6.07) is 13.2. The van der Waals surface area contributed by atoms with Crippen molar-refractivity contribution < 1.29 is 17.9 Å². The van der Waals surface area contributed by atoms with Gasteiger partial charge in [-0.25, -0.2) is 13.2 Å². The number of aryl methyl sites for hydroxylation is 1. The van der Waals surface area contributed by atoms with Crippen LogP contribution in [0, 0.1) is 6.92 Å². The molecule has 0 N–H and O–H groups in total. The second-order valence-corrected chi connectivity index (χ2v) is 7.49. The molecule has 24 heavy (non-hydrogen) atoms. The number of carbonyl (C=O) groups excluding carboxylic acids is 1. The number of anilines is 1. The van der Waals surface area contributed by atoms with Crippen molar-refractivity contribution in [2.45, 2.75) is 31.7 Å². The molecule has 0 aromatic heterocycles. The lowest BCUT2D eigenvalue weighted by Crippen LogP contribution is -2.37. The normalized spacial score (nSPS) is 11.4. The van der Waals surface area contributed by atoms with E-state index in [9.17, 15) is 13.2 Å². The number of hydrogen-bond acceptors (Lipinski definition) is 4. The molecule has 2 aromatic rings. The number of methoxy groups -OCH3 is 1. The molecule has 0 aliphatic carbocycles. The van der Waals surface area contributed by atoms with Crippen molar-refractivity contribution in [1.29, 1.82) is 0 Å². The Morgan fingerprint density at radius 1 is 1.08 bits per heavy atom. The van der Waals surface area contributed by atoms with Gasteiger partial charge in [-0.15, -0.1) is 0 Å². The van der Waals surface area contributed by atoms with Crippen LogP contribution in [-0.2, 0) is 14.8 Å². The Morgan fingerprint density at radius 3 is 2.25 bits per heavy atom. The zero-order valence-corrected chi connectivity index (χ0v) is 15.0. The van der Waals surface area contributed by atoms with E-state index < -0.39 is 16.0 Å². The fourth-order valence-corrected chi connectivity index (χ4v) is 4.44. The third kappa shape index (κ3) is 3.43. The molecule has 0 unspecified atom stereocenters. The molecule has 6 heteroatoms. The lowest BCUT2D eigenvalue weighted by atomic mass is 10.1. The van der Waals surface area contributed by atoms with Crippen molar-refractivity contribution in [2.24, 2.45) is 0 Å². The van der Waals surface area contributed by atoms with E-state index >= 15 is 0 Å². The van der Waals surface area contributed by atoms with Gasteiger partial charge in [-0.3, -0.25) is 4.31 Å². The van der Waals surface area contributed by atoms with Gasteiger partial charge in [0, 0.05) is 6.04 Å². The van der Waals surface area contributed by atoms with Crippen LogP contribution >= 0.6 is 0 Å². The summed E-state index contributed by atoms with van der Waals surface area (Å²) in [6.07, 6.45) is 0. The number of sulfonamides is 1. The van der Waals surface area contributed by atoms with E-state index in [0.717, 1.165) is 0 Å². The van der Waals surface area contributed by atoms with E-state index in [-0.39, 0.29) is 16.5 Å². The third-order valence-corrected chi connectivity index (χ3v) is 5.77. The zero-order chi connectivity index (χ0) is 17.9. The maximum atomic E-state index is 13.2. The highest BCUT2D eigenvalue weighted by Crippen LogP contribution is 2.28. The summed E-state index contributed by atoms with van der Waals surface area (Å²) in [5.74, 6) is -0.567. The first-order valence-corrected chi connectivity index (χ1v) is 9.01. The van der Waals surface area contributed by atoms with Crippen LogP contribution in [0.25, 0.3) is 0 Å². The Labute approximate surface area is 142 Å². The lowest BCUT2D eigenvalue weighted by molar-refractivity contribution is 0.0600. The summed E-state index contributed by atoms with van der Waals surface area (Å²) < 4.78 is 32.5. The van der Waals surface area contributed by atoms with Gasteiger partial charge in [0.2, 0.25) is 0 Å². The predicted octanol–water partition coefficient (Wildman–Crippen LogP) is 3.39. The number of rotatable bonds is 5. The summed E-state index contributed by atoms with van der Waals surface area (Å²) >= 11 is 0. The molecule has 0 fully saturated rings. The van der Waals surface area contributed by atoms with Crippen molar-refractivity contribution in [3.63, 3.8) is 0 Å². The molecule has 0 atom stereocenters. The molecule has 0 heterocycles. The van der Waals surface area contributed by atoms with Crippen molar-refractivity contribution in [3.05, 3.63) is 59.7 Å². The number of carbonyl (C=O) groups is 1. The van der Waals surface area contributed by atoms with Gasteiger partial charge in [-0.05, 0) is 50.6 Å². The summed E-state index contributed by atoms with van der Waals surface area (Å²) in [5.41, 5.74) is 1.36. The average Bonchev–Trinajstić information content (AvgIpc) is 2.54. The fourth-order valence-electron chi connectivity index (χ4n) is 2.52. The van der Waals surface area contributed by atoms with Gasteiger partial charge in [0.05, 0.1) is 23.3 Å². The zero-order valence-electron chi connectivity index (χ0n) is 14.2. The summed E-state index contributed by atoms with van der Waals surface area (Å²) in [5, 5.41) is 0. The summed E-state index contributed by atoms with van der Waals surface area (Å²) in [7, 11) is -2.56. The summed E-state index contributed by atoms with van der Waals surface area (Å²) in [4.78, 5) is 11.8. The number of hydrogen-bond donors (Lipinski definition) is 0. The Morgan fingerprint density at radius 2 is 1.71 bits per heavy atom. The second kappa shape index (κ2) is 7.05. The van der Waals surface area contributed by atoms with Crippen LogP contribution in [0.2, 0.25) is 0 Å². The van der Waals surface area contributed by atoms with Crippen LogP contribution in [0.1, 0.15) is 29.8 Å². The lowest BCUT2D eigenvalue weighted by Gasteiger charge is -2.29. The van der Waals surface area contributed by atoms with Crippen molar-refractivity contribution in [1.82, 2.24) is 0 Å². The predicted molar refractivity (Wildman–Crippen MR) is 93.8 cm³/mol. The largest absolute Gasteiger partial charge is 0.465 e. The minimum absolute atomic E-state index is 0.1000. The quantitative estimate of drug-likeness (QED) is 0.778. The van der Waals surface area contributed by atoms with Crippen LogP contribution in [0.15, 0.2) is 53.4 Å². The molecule has 0 saturated heterocycles. The van der Waals surface area contributed by atoms with Crippen LogP contribution in [0.5, 0.6) is 0 Å². The average molecular weight is 347 g/mol. The van der Waals surface area contributed by atoms with E-state index in [2.05, 4.69) is 4.74 Å². The van der Waals surface area contributed by atoms with Gasteiger partial charge in [-0.1, -0.05) is 24.3 Å². The Hall–Kier alpha value is -2.34. The van der Waals surface area contributed by atoms with Crippen LogP contribution in [0.4, 0.5) is 5.69 Å². The highest BCUT2D eigenvalue weighted by molar-refractivity contribution is 7.93. The topological polar surface area (TPSA) is 63.7 Å². The number of esters is 1. The molecular weight excluding hydrogens is 326 g/mol. The van der Waals surface area contributed by atoms with Crippen molar-refractivity contribution >= 4 is 21.7 Å². The summed E-state index contributed by atoms with van der Waals surface area (Å²) in [6.45, 7) is 5.32. The number of nitrogens with zero attached hydrogens (tertiary/aromatic N) is 1. The molecule has 0 radical (unpaired) electrons. The molecule has 2 aromatic carbocycles. The first-order chi connectivity index (χ1) is 11.3. The van der Waals surface area contributed by atoms with Crippen molar-refractivity contribution in [3.8, 4) is 0 Å². The Bertz CT molecular complexity index is 829. The molecule has 0 bridgehead atoms. The van der Waals surface area contributed by atoms with E-state index in [1.54, 1.807) is 43.3 Å². The van der Waals surface area contributed by atoms with Crippen LogP contribution in [0.3, 0.4) is 0 Å².